The zero-order valence-electron chi connectivity index (χ0n) is 31.2. The van der Waals surface area contributed by atoms with Gasteiger partial charge in [0, 0.05) is 56.3 Å². The van der Waals surface area contributed by atoms with E-state index in [0.29, 0.717) is 37.8 Å². The molecule has 1 saturated carbocycles. The summed E-state index contributed by atoms with van der Waals surface area (Å²) in [5.41, 5.74) is 1.97. The van der Waals surface area contributed by atoms with Crippen molar-refractivity contribution in [2.75, 3.05) is 38.0 Å². The number of hydrogen-bond acceptors (Lipinski definition) is 11. The number of imide groups is 2. The summed E-state index contributed by atoms with van der Waals surface area (Å²) >= 11 is -3.11. The number of phenolic OH excluding ortho intramolecular Hbond substituents is 1. The molecular weight excluding hydrogens is 837 g/mol. The Morgan fingerprint density at radius 3 is 2.43 bits per heavy atom. The maximum atomic E-state index is 13.5. The second-order valence-electron chi connectivity index (χ2n) is 14.3. The predicted octanol–water partition coefficient (Wildman–Crippen LogP) is -0.203. The summed E-state index contributed by atoms with van der Waals surface area (Å²) in [5, 5.41) is 18.4. The zero-order chi connectivity index (χ0) is 39.6. The van der Waals surface area contributed by atoms with Crippen molar-refractivity contribution >= 4 is 64.6 Å². The Bertz CT molecular complexity index is 1920. The molecule has 1 aliphatic carbocycles. The summed E-state index contributed by atoms with van der Waals surface area (Å²) in [5.74, 6) is -2.37. The predicted molar refractivity (Wildman–Crippen MR) is 204 cm³/mol. The molecule has 2 aromatic carbocycles. The number of carbonyl (C=O) groups excluding carboxylic acids is 7. The number of halogens is 2. The van der Waals surface area contributed by atoms with E-state index in [1.807, 2.05) is 3.53 Å². The topological polar surface area (TPSA) is 211 Å². The van der Waals surface area contributed by atoms with Crippen LogP contribution in [-0.4, -0.2) is 93.0 Å². The Morgan fingerprint density at radius 1 is 1.02 bits per heavy atom. The molecule has 3 unspecified atom stereocenters. The van der Waals surface area contributed by atoms with Crippen molar-refractivity contribution in [1.82, 2.24) is 24.0 Å². The van der Waals surface area contributed by atoms with Crippen molar-refractivity contribution in [2.45, 2.75) is 63.8 Å². The van der Waals surface area contributed by atoms with Crippen LogP contribution in [0.5, 0.6) is 5.75 Å². The largest absolute Gasteiger partial charge is 1.00 e. The average Bonchev–Trinajstić information content (AvgIpc) is 3.69. The van der Waals surface area contributed by atoms with Gasteiger partial charge in [0.1, 0.15) is 6.04 Å². The molecule has 15 nitrogen and oxygen atoms in total. The monoisotopic (exact) mass is 881 g/mol. The molecule has 2 aromatic rings. The second kappa shape index (κ2) is 20.8. The molecule has 0 bridgehead atoms. The molecule has 2 saturated heterocycles. The number of hydrogen-bond donors (Lipinski definition) is 5. The van der Waals surface area contributed by atoms with Gasteiger partial charge in [0.15, 0.2) is 0 Å². The average molecular weight is 882 g/mol. The fourth-order valence-corrected chi connectivity index (χ4v) is 8.27. The number of rotatable bonds is 12. The molecule has 4 aliphatic rings. The van der Waals surface area contributed by atoms with Gasteiger partial charge in [0.25, 0.3) is 31.4 Å². The smallest absolute Gasteiger partial charge is 0.534 e. The second-order valence-corrected chi connectivity index (χ2v) is 16.7. The zero-order valence-corrected chi connectivity index (χ0v) is 33.3. The molecule has 56 heavy (non-hydrogen) atoms. The molecular formula is C38H44FILiN6O9-. The van der Waals surface area contributed by atoms with E-state index in [1.54, 1.807) is 18.2 Å². The summed E-state index contributed by atoms with van der Waals surface area (Å²) in [6.45, 7) is 6.67. The van der Waals surface area contributed by atoms with E-state index in [-0.39, 0.29) is 60.4 Å². The summed E-state index contributed by atoms with van der Waals surface area (Å²) in [4.78, 5) is 85.3. The van der Waals surface area contributed by atoms with Gasteiger partial charge in [-0.25, -0.2) is 12.3 Å². The third-order valence-corrected chi connectivity index (χ3v) is 11.7. The van der Waals surface area contributed by atoms with Gasteiger partial charge < -0.3 is 32.4 Å². The van der Waals surface area contributed by atoms with Crippen LogP contribution in [0.3, 0.4) is 0 Å². The molecule has 3 aliphatic heterocycles. The fraction of sp³-hybridized carbons (Fsp3) is 0.474. The van der Waals surface area contributed by atoms with Gasteiger partial charge in [-0.05, 0) is 81.0 Å². The van der Waals surface area contributed by atoms with Crippen molar-refractivity contribution in [3.63, 3.8) is 0 Å². The molecule has 0 radical (unpaired) electrons. The van der Waals surface area contributed by atoms with Crippen LogP contribution in [0.4, 0.5) is 10.1 Å². The molecule has 5 N–H and O–H groups in total. The molecule has 0 aromatic heterocycles. The number of amides is 6. The Hall–Kier alpha value is -4.27. The Kier molecular flexibility index (Phi) is 16.5. The van der Waals surface area contributed by atoms with E-state index in [0.717, 1.165) is 67.9 Å². The number of nitrogens with one attached hydrogen (secondary N) is 4. The normalized spacial score (nSPS) is 21.9. The number of piperidine rings is 1. The molecule has 4 atom stereocenters. The first kappa shape index (κ1) is 44.4. The number of nitrogens with zero attached hydrogens (tertiary/aromatic N) is 2. The third kappa shape index (κ3) is 12.4. The quantitative estimate of drug-likeness (QED) is 0.0620. The summed E-state index contributed by atoms with van der Waals surface area (Å²) in [6, 6.07) is 9.22. The number of phenols is 1. The number of fused-ring (bicyclic) bond motifs is 1. The molecule has 18 heteroatoms. The Labute approximate surface area is 343 Å². The maximum absolute atomic E-state index is 13.5. The summed E-state index contributed by atoms with van der Waals surface area (Å²) < 4.78 is 26.6. The molecule has 296 valence electrons. The molecule has 0 spiro atoms. The Balaban J connectivity index is 0.000000699. The van der Waals surface area contributed by atoms with E-state index < -0.39 is 61.0 Å². The first-order chi connectivity index (χ1) is 26.3. The molecule has 6 amide bonds. The number of anilines is 1. The third-order valence-electron chi connectivity index (χ3n) is 10.2. The van der Waals surface area contributed by atoms with Crippen molar-refractivity contribution in [3.05, 3.63) is 65.8 Å². The van der Waals surface area contributed by atoms with E-state index in [2.05, 4.69) is 33.8 Å². The van der Waals surface area contributed by atoms with E-state index in [9.17, 15) is 46.1 Å². The van der Waals surface area contributed by atoms with Crippen LogP contribution in [0.2, 0.25) is 0 Å². The molecule has 3 fully saturated rings. The van der Waals surface area contributed by atoms with Crippen LogP contribution >= 0.6 is 19.6 Å². The Morgan fingerprint density at radius 2 is 1.75 bits per heavy atom. The van der Waals surface area contributed by atoms with Crippen LogP contribution in [0.25, 0.3) is 0 Å². The van der Waals surface area contributed by atoms with Crippen LogP contribution in [-0.2, 0) is 33.5 Å². The van der Waals surface area contributed by atoms with Gasteiger partial charge in [0.2, 0.25) is 21.6 Å². The minimum Gasteiger partial charge on any atom is -0.534 e. The van der Waals surface area contributed by atoms with Crippen molar-refractivity contribution in [1.29, 1.82) is 0 Å². The number of likely N-dealkylation sites (tertiary alicyclic amines) is 1. The van der Waals surface area contributed by atoms with Gasteiger partial charge in [-0.1, -0.05) is 6.42 Å². The number of aromatic hydroxyl groups is 1. The standard InChI is InChI=1S/C35H41FN5O6.C3H3INO3.Li/c36-25-13-21(14-27(42)16-25)8-10-40-11-9-24(20-40)15-32(44)38-19-23-3-1-2-22(12-23)18-37-26-4-5-28-29(17-26)35(47)41(34(28)46)30-6-7-31(43)39-33(30)45;1-3(7)5-4(8)2-6;/h4-5,13-14,17,22-24,30,37,42H,1-3,6-12,15,18-20H2,(H,38,44)(H,39,43,45);1H2,(H,5,7,8);/q2*-1;+1/t22?,23?,24-,30?;;/m0../s1. The van der Waals surface area contributed by atoms with Crippen molar-refractivity contribution in [2.24, 2.45) is 17.8 Å². The van der Waals surface area contributed by atoms with E-state index >= 15 is 0 Å². The maximum Gasteiger partial charge on any atom is 1.00 e. The number of carbonyl (C=O) groups is 6. The van der Waals surface area contributed by atoms with Gasteiger partial charge in [0.05, 0.1) is 17.0 Å². The minimum absolute atomic E-state index is 0. The van der Waals surface area contributed by atoms with Crippen molar-refractivity contribution < 1.29 is 65.0 Å². The van der Waals surface area contributed by atoms with Crippen LogP contribution in [0.15, 0.2) is 30.3 Å². The number of benzene rings is 2. The van der Waals surface area contributed by atoms with Gasteiger partial charge >= 0.3 is 18.9 Å². The van der Waals surface area contributed by atoms with Crippen LogP contribution in [0, 0.1) is 36.6 Å². The summed E-state index contributed by atoms with van der Waals surface area (Å²) in [7, 11) is 0. The first-order valence-corrected chi connectivity index (χ1v) is 21.2. The van der Waals surface area contributed by atoms with Crippen LogP contribution < -0.4 is 38.3 Å². The van der Waals surface area contributed by atoms with Crippen molar-refractivity contribution in [3.8, 4) is 5.75 Å². The SMILES string of the molecule is O=C(C[C@@H]1CCN(CCc2cc(O)[c-]c(F)c2)C1)NCC1CCCC(CNc2ccc3c(c2)C(=O)N(C2CCC(=O)NC2=O)C3=O)C1.[CH2-]C(=O)NI(=O)=C=O.[Li+]. The van der Waals surface area contributed by atoms with Gasteiger partial charge in [-0.3, -0.25) is 37.7 Å². The molecule has 6 rings (SSSR count). The summed E-state index contributed by atoms with van der Waals surface area (Å²) in [6.07, 6.45) is 6.44. The first-order valence-electron chi connectivity index (χ1n) is 18.2. The van der Waals surface area contributed by atoms with E-state index in [1.165, 1.54) is 16.0 Å². The fourth-order valence-electron chi connectivity index (χ4n) is 7.61. The minimum atomic E-state index is -3.11. The van der Waals surface area contributed by atoms with E-state index in [4.69, 9.17) is 0 Å². The molecule has 3 heterocycles. The van der Waals surface area contributed by atoms with Gasteiger partial charge in [-0.15, -0.1) is 18.2 Å². The van der Waals surface area contributed by atoms with Gasteiger partial charge in [-0.2, -0.15) is 5.56 Å². The van der Waals surface area contributed by atoms with Crippen LogP contribution in [0.1, 0.15) is 77.6 Å².